The van der Waals surface area contributed by atoms with Crippen LogP contribution in [-0.2, 0) is 4.79 Å². The number of piperidine rings is 1. The fourth-order valence-electron chi connectivity index (χ4n) is 1.76. The van der Waals surface area contributed by atoms with E-state index in [9.17, 15) is 9.59 Å². The number of nitrogen functional groups attached to an aromatic ring is 1. The van der Waals surface area contributed by atoms with Crippen molar-refractivity contribution < 1.29 is 9.59 Å². The molecule has 2 amide bonds. The van der Waals surface area contributed by atoms with E-state index >= 15 is 0 Å². The highest BCUT2D eigenvalue weighted by atomic mass is 35.5. The molecule has 1 aliphatic rings. The third-order valence-corrected chi connectivity index (χ3v) is 2.95. The van der Waals surface area contributed by atoms with Crippen molar-refractivity contribution in [3.05, 3.63) is 23.0 Å². The van der Waals surface area contributed by atoms with Gasteiger partial charge in [0.25, 0.3) is 5.91 Å². The van der Waals surface area contributed by atoms with E-state index in [0.717, 1.165) is 0 Å². The van der Waals surface area contributed by atoms with Gasteiger partial charge in [0.05, 0.1) is 17.4 Å². The minimum atomic E-state index is -0.307. The summed E-state index contributed by atoms with van der Waals surface area (Å²) in [7, 11) is 0. The molecule has 0 bridgehead atoms. The second-order valence-corrected chi connectivity index (χ2v) is 4.49. The molecule has 0 aliphatic carbocycles. The minimum Gasteiger partial charge on any atom is -0.397 e. The number of nitrogens with two attached hydrogens (primary N) is 1. The van der Waals surface area contributed by atoms with Gasteiger partial charge in [-0.25, -0.2) is 4.98 Å². The van der Waals surface area contributed by atoms with Gasteiger partial charge in [-0.15, -0.1) is 0 Å². The Kier molecular flexibility index (Phi) is 3.66. The number of carbonyl (C=O) groups excluding carboxylic acids is 2. The number of nitrogens with one attached hydrogen (secondary N) is 2. The zero-order chi connectivity index (χ0) is 13.1. The number of halogens is 1. The van der Waals surface area contributed by atoms with E-state index in [1.54, 1.807) is 0 Å². The highest BCUT2D eigenvalue weighted by molar-refractivity contribution is 6.29. The molecule has 1 aromatic heterocycles. The average molecular weight is 269 g/mol. The fourth-order valence-corrected chi connectivity index (χ4v) is 1.91. The molecule has 96 valence electrons. The second kappa shape index (κ2) is 5.22. The lowest BCUT2D eigenvalue weighted by molar-refractivity contribution is -0.122. The maximum absolute atomic E-state index is 12.0. The molecule has 1 unspecified atom stereocenters. The summed E-state index contributed by atoms with van der Waals surface area (Å²) in [6, 6.07) is 1.34. The van der Waals surface area contributed by atoms with Gasteiger partial charge < -0.3 is 16.4 Å². The van der Waals surface area contributed by atoms with Gasteiger partial charge >= 0.3 is 0 Å². The Morgan fingerprint density at radius 2 is 2.39 bits per heavy atom. The molecule has 1 aromatic rings. The Hall–Kier alpha value is -1.82. The molecule has 18 heavy (non-hydrogen) atoms. The number of amides is 2. The number of hydrogen-bond donors (Lipinski definition) is 3. The van der Waals surface area contributed by atoms with Crippen LogP contribution in [0.4, 0.5) is 5.69 Å². The first kappa shape index (κ1) is 12.6. The number of pyridine rings is 1. The molecule has 0 saturated carbocycles. The predicted octanol–water partition coefficient (Wildman–Crippen LogP) is 0.326. The van der Waals surface area contributed by atoms with Crippen molar-refractivity contribution in [1.82, 2.24) is 15.6 Å². The summed E-state index contributed by atoms with van der Waals surface area (Å²) in [4.78, 5) is 26.8. The monoisotopic (exact) mass is 268 g/mol. The smallest absolute Gasteiger partial charge is 0.253 e. The van der Waals surface area contributed by atoms with Crippen LogP contribution in [0.3, 0.4) is 0 Å². The number of rotatable bonds is 2. The third-order valence-electron chi connectivity index (χ3n) is 2.75. The first-order chi connectivity index (χ1) is 8.56. The Labute approximate surface area is 109 Å². The van der Waals surface area contributed by atoms with Crippen LogP contribution in [0.5, 0.6) is 0 Å². The largest absolute Gasteiger partial charge is 0.397 e. The zero-order valence-electron chi connectivity index (χ0n) is 9.57. The van der Waals surface area contributed by atoms with E-state index in [0.29, 0.717) is 24.9 Å². The van der Waals surface area contributed by atoms with Crippen molar-refractivity contribution in [2.75, 3.05) is 12.3 Å². The molecule has 0 aromatic carbocycles. The maximum atomic E-state index is 12.0. The van der Waals surface area contributed by atoms with E-state index in [1.807, 2.05) is 0 Å². The maximum Gasteiger partial charge on any atom is 0.253 e. The standard InChI is InChI=1S/C11H13ClN4O2/c12-9-3-7(8(13)5-14-9)11(18)16-6-1-2-10(17)15-4-6/h3,5-6H,1-2,4,13H2,(H,15,17)(H,16,18). The number of hydrogen-bond acceptors (Lipinski definition) is 4. The lowest BCUT2D eigenvalue weighted by Crippen LogP contribution is -2.47. The third kappa shape index (κ3) is 2.89. The van der Waals surface area contributed by atoms with Gasteiger partial charge in [-0.05, 0) is 12.5 Å². The van der Waals surface area contributed by atoms with Crippen LogP contribution in [0.15, 0.2) is 12.3 Å². The van der Waals surface area contributed by atoms with Crippen LogP contribution in [0, 0.1) is 0 Å². The van der Waals surface area contributed by atoms with E-state index < -0.39 is 0 Å². The van der Waals surface area contributed by atoms with Gasteiger partial charge in [0, 0.05) is 19.0 Å². The summed E-state index contributed by atoms with van der Waals surface area (Å²) in [5.74, 6) is -0.301. The predicted molar refractivity (Wildman–Crippen MR) is 67.2 cm³/mol. The van der Waals surface area contributed by atoms with E-state index in [1.165, 1.54) is 12.3 Å². The Bertz CT molecular complexity index is 482. The van der Waals surface area contributed by atoms with E-state index in [4.69, 9.17) is 17.3 Å². The molecule has 1 saturated heterocycles. The molecule has 2 heterocycles. The van der Waals surface area contributed by atoms with E-state index in [2.05, 4.69) is 15.6 Å². The minimum absolute atomic E-state index is 0.00645. The van der Waals surface area contributed by atoms with Gasteiger partial charge in [0.15, 0.2) is 0 Å². The zero-order valence-corrected chi connectivity index (χ0v) is 10.3. The molecule has 1 atom stereocenters. The summed E-state index contributed by atoms with van der Waals surface area (Å²) < 4.78 is 0. The lowest BCUT2D eigenvalue weighted by atomic mass is 10.1. The van der Waals surface area contributed by atoms with Crippen LogP contribution in [0.2, 0.25) is 5.15 Å². The molecule has 0 radical (unpaired) electrons. The second-order valence-electron chi connectivity index (χ2n) is 4.11. The van der Waals surface area contributed by atoms with Crippen LogP contribution in [0.1, 0.15) is 23.2 Å². The van der Waals surface area contributed by atoms with E-state index in [-0.39, 0.29) is 28.7 Å². The molecular weight excluding hydrogens is 256 g/mol. The quantitative estimate of drug-likeness (QED) is 0.673. The van der Waals surface area contributed by atoms with Crippen LogP contribution in [0.25, 0.3) is 0 Å². The van der Waals surface area contributed by atoms with Gasteiger partial charge in [0.2, 0.25) is 5.91 Å². The Balaban J connectivity index is 2.03. The molecule has 2 rings (SSSR count). The number of aromatic nitrogens is 1. The van der Waals surface area contributed by atoms with Gasteiger partial charge in [-0.3, -0.25) is 9.59 Å². The summed E-state index contributed by atoms with van der Waals surface area (Å²) in [6.07, 6.45) is 2.38. The summed E-state index contributed by atoms with van der Waals surface area (Å²) in [6.45, 7) is 0.434. The fraction of sp³-hybridized carbons (Fsp3) is 0.364. The van der Waals surface area contributed by atoms with Crippen LogP contribution < -0.4 is 16.4 Å². The topological polar surface area (TPSA) is 97.1 Å². The van der Waals surface area contributed by atoms with Crippen molar-refractivity contribution in [1.29, 1.82) is 0 Å². The summed E-state index contributed by atoms with van der Waals surface area (Å²) in [5, 5.41) is 5.71. The SMILES string of the molecule is Nc1cnc(Cl)cc1C(=O)NC1CCC(=O)NC1. The van der Waals surface area contributed by atoms with Gasteiger partial charge in [0.1, 0.15) is 5.15 Å². The van der Waals surface area contributed by atoms with Crippen LogP contribution >= 0.6 is 11.6 Å². The Morgan fingerprint density at radius 3 is 3.06 bits per heavy atom. The molecule has 1 fully saturated rings. The van der Waals surface area contributed by atoms with Crippen LogP contribution in [-0.4, -0.2) is 29.4 Å². The number of nitrogens with zero attached hydrogens (tertiary/aromatic N) is 1. The molecule has 6 nitrogen and oxygen atoms in total. The normalized spacial score (nSPS) is 19.2. The van der Waals surface area contributed by atoms with Crippen molar-refractivity contribution in [2.24, 2.45) is 0 Å². The average Bonchev–Trinajstić information content (AvgIpc) is 2.35. The molecule has 4 N–H and O–H groups in total. The van der Waals surface area contributed by atoms with Crippen molar-refractivity contribution in [2.45, 2.75) is 18.9 Å². The highest BCUT2D eigenvalue weighted by Crippen LogP contribution is 2.15. The molecular formula is C11H13ClN4O2. The van der Waals surface area contributed by atoms with Crippen molar-refractivity contribution >= 4 is 29.1 Å². The summed E-state index contributed by atoms with van der Waals surface area (Å²) in [5.41, 5.74) is 6.24. The van der Waals surface area contributed by atoms with Crippen molar-refractivity contribution in [3.8, 4) is 0 Å². The Morgan fingerprint density at radius 1 is 1.61 bits per heavy atom. The highest BCUT2D eigenvalue weighted by Gasteiger charge is 2.21. The lowest BCUT2D eigenvalue weighted by Gasteiger charge is -2.23. The molecule has 0 spiro atoms. The number of anilines is 1. The first-order valence-corrected chi connectivity index (χ1v) is 5.92. The molecule has 1 aliphatic heterocycles. The van der Waals surface area contributed by atoms with Gasteiger partial charge in [-0.2, -0.15) is 0 Å². The first-order valence-electron chi connectivity index (χ1n) is 5.55. The van der Waals surface area contributed by atoms with Gasteiger partial charge in [-0.1, -0.05) is 11.6 Å². The summed E-state index contributed by atoms with van der Waals surface area (Å²) >= 11 is 5.72. The number of carbonyl (C=O) groups is 2. The molecule has 7 heteroatoms. The van der Waals surface area contributed by atoms with Crippen molar-refractivity contribution in [3.63, 3.8) is 0 Å².